The number of aromatic nitrogens is 2. The monoisotopic (exact) mass is 376 g/mol. The number of ether oxygens (including phenoxy) is 2. The molecule has 0 aliphatic carbocycles. The Morgan fingerprint density at radius 2 is 1.96 bits per heavy atom. The number of nitro benzene ring substituents is 1. The van der Waals surface area contributed by atoms with E-state index >= 15 is 0 Å². The van der Waals surface area contributed by atoms with Gasteiger partial charge in [0.1, 0.15) is 5.75 Å². The van der Waals surface area contributed by atoms with Gasteiger partial charge < -0.3 is 14.8 Å². The van der Waals surface area contributed by atoms with Crippen LogP contribution in [0.15, 0.2) is 24.3 Å². The van der Waals surface area contributed by atoms with Gasteiger partial charge in [0.25, 0.3) is 5.69 Å². The molecule has 1 heterocycles. The fourth-order valence-corrected chi connectivity index (χ4v) is 2.59. The zero-order chi connectivity index (χ0) is 19.8. The molecule has 27 heavy (non-hydrogen) atoms. The molecule has 2 aromatic rings. The predicted octanol–water partition coefficient (Wildman–Crippen LogP) is 2.14. The van der Waals surface area contributed by atoms with Crippen LogP contribution >= 0.6 is 0 Å². The number of nitro groups is 1. The van der Waals surface area contributed by atoms with Crippen LogP contribution in [0.25, 0.3) is 0 Å². The molecule has 1 amide bonds. The number of non-ortho nitro benzene ring substituents is 1. The van der Waals surface area contributed by atoms with Crippen molar-refractivity contribution in [2.75, 3.05) is 20.3 Å². The summed E-state index contributed by atoms with van der Waals surface area (Å²) in [5.74, 6) is 0.347. The van der Waals surface area contributed by atoms with Crippen LogP contribution in [0.4, 0.5) is 5.69 Å². The summed E-state index contributed by atoms with van der Waals surface area (Å²) in [5, 5.41) is 17.9. The molecule has 0 spiro atoms. The molecule has 0 aliphatic rings. The van der Waals surface area contributed by atoms with Gasteiger partial charge in [-0.05, 0) is 26.0 Å². The van der Waals surface area contributed by atoms with Crippen LogP contribution in [0.3, 0.4) is 0 Å². The Balaban J connectivity index is 1.78. The van der Waals surface area contributed by atoms with E-state index in [1.165, 1.54) is 24.3 Å². The number of rotatable bonds is 10. The maximum absolute atomic E-state index is 12.0. The molecule has 9 nitrogen and oxygen atoms in total. The van der Waals surface area contributed by atoms with Crippen molar-refractivity contribution in [3.8, 4) is 5.75 Å². The summed E-state index contributed by atoms with van der Waals surface area (Å²) >= 11 is 0. The van der Waals surface area contributed by atoms with E-state index in [-0.39, 0.29) is 24.6 Å². The van der Waals surface area contributed by atoms with Crippen molar-refractivity contribution in [1.82, 2.24) is 15.1 Å². The molecular formula is C18H24N4O5. The molecule has 0 atom stereocenters. The minimum absolute atomic E-state index is 0.00289. The number of benzene rings is 1. The van der Waals surface area contributed by atoms with E-state index in [0.717, 1.165) is 17.0 Å². The minimum atomic E-state index is -0.474. The smallest absolute Gasteiger partial charge is 0.269 e. The number of nitrogens with one attached hydrogen (secondary N) is 1. The highest BCUT2D eigenvalue weighted by Gasteiger charge is 2.12. The summed E-state index contributed by atoms with van der Waals surface area (Å²) in [7, 11) is 1.64. The third-order valence-corrected chi connectivity index (χ3v) is 4.15. The van der Waals surface area contributed by atoms with Gasteiger partial charge in [0.2, 0.25) is 5.91 Å². The fraction of sp³-hybridized carbons (Fsp3) is 0.444. The van der Waals surface area contributed by atoms with Gasteiger partial charge in [-0.25, -0.2) is 0 Å². The molecule has 2 rings (SSSR count). The first-order valence-electron chi connectivity index (χ1n) is 8.58. The number of carbonyl (C=O) groups excluding carboxylic acids is 1. The number of amides is 1. The average Bonchev–Trinajstić information content (AvgIpc) is 2.92. The minimum Gasteiger partial charge on any atom is -0.493 e. The first-order chi connectivity index (χ1) is 12.9. The second-order valence-electron chi connectivity index (χ2n) is 5.99. The number of hydrogen-bond acceptors (Lipinski definition) is 6. The Hall–Kier alpha value is -2.94. The average molecular weight is 376 g/mol. The third-order valence-electron chi connectivity index (χ3n) is 4.15. The third kappa shape index (κ3) is 5.78. The quantitative estimate of drug-likeness (QED) is 0.503. The van der Waals surface area contributed by atoms with Crippen molar-refractivity contribution in [1.29, 1.82) is 0 Å². The molecule has 1 aromatic heterocycles. The molecule has 1 N–H and O–H groups in total. The van der Waals surface area contributed by atoms with Crippen LogP contribution in [-0.4, -0.2) is 40.9 Å². The topological polar surface area (TPSA) is 109 Å². The van der Waals surface area contributed by atoms with Gasteiger partial charge in [-0.1, -0.05) is 0 Å². The molecular weight excluding hydrogens is 352 g/mol. The van der Waals surface area contributed by atoms with Crippen LogP contribution in [-0.2, 0) is 22.6 Å². The Bertz CT molecular complexity index is 786. The van der Waals surface area contributed by atoms with E-state index < -0.39 is 4.92 Å². The lowest BCUT2D eigenvalue weighted by molar-refractivity contribution is -0.384. The molecule has 1 aromatic carbocycles. The molecule has 146 valence electrons. The SMILES string of the molecule is COCCn1nc(C)c(CNC(=O)CCOc2ccc([N+](=O)[O-])cc2)c1C. The lowest BCUT2D eigenvalue weighted by Crippen LogP contribution is -2.25. The lowest BCUT2D eigenvalue weighted by atomic mass is 10.2. The standard InChI is InChI=1S/C18H24N4O5/c1-13-17(14(2)21(20-13)9-11-26-3)12-19-18(23)8-10-27-16-6-4-15(5-7-16)22(24)25/h4-7H,8-12H2,1-3H3,(H,19,23). The summed E-state index contributed by atoms with van der Waals surface area (Å²) in [6.07, 6.45) is 0.187. The second kappa shape index (κ2) is 9.67. The Morgan fingerprint density at radius 3 is 2.59 bits per heavy atom. The highest BCUT2D eigenvalue weighted by atomic mass is 16.6. The van der Waals surface area contributed by atoms with Crippen molar-refractivity contribution < 1.29 is 19.2 Å². The molecule has 0 bridgehead atoms. The van der Waals surface area contributed by atoms with Crippen LogP contribution in [0.2, 0.25) is 0 Å². The van der Waals surface area contributed by atoms with Crippen LogP contribution < -0.4 is 10.1 Å². The summed E-state index contributed by atoms with van der Waals surface area (Å²) in [4.78, 5) is 22.2. The van der Waals surface area contributed by atoms with Crippen molar-refractivity contribution in [3.63, 3.8) is 0 Å². The predicted molar refractivity (Wildman–Crippen MR) is 98.6 cm³/mol. The van der Waals surface area contributed by atoms with E-state index in [1.54, 1.807) is 7.11 Å². The van der Waals surface area contributed by atoms with Gasteiger partial charge in [-0.2, -0.15) is 5.10 Å². The van der Waals surface area contributed by atoms with E-state index in [0.29, 0.717) is 25.4 Å². The Labute approximate surface area is 157 Å². The first kappa shape index (κ1) is 20.4. The van der Waals surface area contributed by atoms with Crippen molar-refractivity contribution in [2.24, 2.45) is 0 Å². The maximum atomic E-state index is 12.0. The molecule has 0 saturated carbocycles. The molecule has 0 unspecified atom stereocenters. The van der Waals surface area contributed by atoms with Gasteiger partial charge in [0.05, 0.1) is 36.8 Å². The number of carbonyl (C=O) groups is 1. The fourth-order valence-electron chi connectivity index (χ4n) is 2.59. The Kier molecular flexibility index (Phi) is 7.30. The maximum Gasteiger partial charge on any atom is 0.269 e. The summed E-state index contributed by atoms with van der Waals surface area (Å²) in [6, 6.07) is 5.75. The van der Waals surface area contributed by atoms with Crippen molar-refractivity contribution >= 4 is 11.6 Å². The number of nitrogens with zero attached hydrogens (tertiary/aromatic N) is 3. The number of methoxy groups -OCH3 is 1. The van der Waals surface area contributed by atoms with Crippen LogP contribution in [0.5, 0.6) is 5.75 Å². The highest BCUT2D eigenvalue weighted by molar-refractivity contribution is 5.76. The highest BCUT2D eigenvalue weighted by Crippen LogP contribution is 2.17. The normalized spacial score (nSPS) is 10.6. The second-order valence-corrected chi connectivity index (χ2v) is 5.99. The van der Waals surface area contributed by atoms with E-state index in [1.807, 2.05) is 18.5 Å². The Morgan fingerprint density at radius 1 is 1.26 bits per heavy atom. The first-order valence-corrected chi connectivity index (χ1v) is 8.58. The van der Waals surface area contributed by atoms with Crippen molar-refractivity contribution in [2.45, 2.75) is 33.4 Å². The summed E-state index contributed by atoms with van der Waals surface area (Å²) in [6.45, 7) is 5.72. The zero-order valence-corrected chi connectivity index (χ0v) is 15.7. The largest absolute Gasteiger partial charge is 0.493 e. The van der Waals surface area contributed by atoms with Crippen LogP contribution in [0, 0.1) is 24.0 Å². The van der Waals surface area contributed by atoms with E-state index in [4.69, 9.17) is 9.47 Å². The van der Waals surface area contributed by atoms with E-state index in [2.05, 4.69) is 10.4 Å². The molecule has 0 aliphatic heterocycles. The zero-order valence-electron chi connectivity index (χ0n) is 15.7. The summed E-state index contributed by atoms with van der Waals surface area (Å²) in [5.41, 5.74) is 2.88. The summed E-state index contributed by atoms with van der Waals surface area (Å²) < 4.78 is 12.4. The van der Waals surface area contributed by atoms with Crippen LogP contribution in [0.1, 0.15) is 23.4 Å². The van der Waals surface area contributed by atoms with Gasteiger partial charge in [-0.3, -0.25) is 19.6 Å². The van der Waals surface area contributed by atoms with Gasteiger partial charge in [0, 0.05) is 37.0 Å². The van der Waals surface area contributed by atoms with Gasteiger partial charge in [-0.15, -0.1) is 0 Å². The van der Waals surface area contributed by atoms with Gasteiger partial charge >= 0.3 is 0 Å². The van der Waals surface area contributed by atoms with E-state index in [9.17, 15) is 14.9 Å². The number of aryl methyl sites for hydroxylation is 1. The lowest BCUT2D eigenvalue weighted by Gasteiger charge is -2.08. The molecule has 0 fully saturated rings. The molecule has 9 heteroatoms. The van der Waals surface area contributed by atoms with Crippen molar-refractivity contribution in [3.05, 3.63) is 51.3 Å². The molecule has 0 radical (unpaired) electrons. The number of hydrogen-bond donors (Lipinski definition) is 1. The van der Waals surface area contributed by atoms with Gasteiger partial charge in [0.15, 0.2) is 0 Å². The molecule has 0 saturated heterocycles.